The molecule has 3 heteroatoms. The molecule has 145 valence electrons. The standard InChI is InChI=1S/2C10H23P.Co/c2*1-3-5-7-9-11-10-8-6-4-2;/h2*11H,3-10H2,1-2H3;. The quantitative estimate of drug-likeness (QED) is 0.179. The summed E-state index contributed by atoms with van der Waals surface area (Å²) in [5.74, 6) is 0. The maximum atomic E-state index is 2.28. The summed E-state index contributed by atoms with van der Waals surface area (Å²) in [5.41, 5.74) is 0. The van der Waals surface area contributed by atoms with Crippen molar-refractivity contribution in [2.75, 3.05) is 24.6 Å². The van der Waals surface area contributed by atoms with Gasteiger partial charge in [0.25, 0.3) is 0 Å². The van der Waals surface area contributed by atoms with Gasteiger partial charge in [0.15, 0.2) is 0 Å². The third kappa shape index (κ3) is 35.4. The van der Waals surface area contributed by atoms with Gasteiger partial charge in [0.2, 0.25) is 0 Å². The van der Waals surface area contributed by atoms with E-state index in [0.29, 0.717) is 0 Å². The van der Waals surface area contributed by atoms with E-state index in [1.807, 2.05) is 0 Å². The molecule has 0 aromatic rings. The summed E-state index contributed by atoms with van der Waals surface area (Å²) in [6.07, 6.45) is 23.2. The minimum atomic E-state index is 0. The van der Waals surface area contributed by atoms with Gasteiger partial charge in [0.05, 0.1) is 0 Å². The molecule has 0 aromatic carbocycles. The summed E-state index contributed by atoms with van der Waals surface area (Å²) < 4.78 is 0. The molecule has 0 saturated heterocycles. The van der Waals surface area contributed by atoms with Gasteiger partial charge in [-0.3, -0.25) is 0 Å². The molecule has 0 rings (SSSR count). The van der Waals surface area contributed by atoms with Crippen LogP contribution >= 0.6 is 17.2 Å². The molecule has 0 aliphatic rings. The van der Waals surface area contributed by atoms with Gasteiger partial charge in [0.1, 0.15) is 0 Å². The Kier molecular flexibility index (Phi) is 39.5. The van der Waals surface area contributed by atoms with E-state index in [1.165, 1.54) is 119 Å². The van der Waals surface area contributed by atoms with E-state index in [4.69, 9.17) is 0 Å². The first-order valence-corrected chi connectivity index (χ1v) is 13.1. The summed E-state index contributed by atoms with van der Waals surface area (Å²) in [7, 11) is 2.50. The van der Waals surface area contributed by atoms with Crippen LogP contribution < -0.4 is 0 Å². The summed E-state index contributed by atoms with van der Waals surface area (Å²) in [4.78, 5) is 0. The van der Waals surface area contributed by atoms with Crippen LogP contribution in [0.5, 0.6) is 0 Å². The van der Waals surface area contributed by atoms with Crippen molar-refractivity contribution in [1.29, 1.82) is 0 Å². The molecule has 0 heterocycles. The van der Waals surface area contributed by atoms with Crippen LogP contribution in [0, 0.1) is 0 Å². The van der Waals surface area contributed by atoms with E-state index in [1.54, 1.807) is 0 Å². The summed E-state index contributed by atoms with van der Waals surface area (Å²) in [5, 5.41) is 0. The van der Waals surface area contributed by atoms with Crippen molar-refractivity contribution in [2.24, 2.45) is 0 Å². The maximum Gasteiger partial charge on any atom is 0 e. The van der Waals surface area contributed by atoms with E-state index >= 15 is 0 Å². The molecule has 0 spiro atoms. The Morgan fingerprint density at radius 1 is 0.391 bits per heavy atom. The SMILES string of the molecule is CCCCCPCCCCC.CCCCCPCCCCC.[Co]. The molecular weight excluding hydrogens is 361 g/mol. The molecule has 0 atom stereocenters. The first-order valence-electron chi connectivity index (χ1n) is 10.2. The zero-order chi connectivity index (χ0) is 16.7. The van der Waals surface area contributed by atoms with E-state index < -0.39 is 0 Å². The minimum absolute atomic E-state index is 0. The zero-order valence-electron chi connectivity index (χ0n) is 16.6. The number of rotatable bonds is 16. The fraction of sp³-hybridized carbons (Fsp3) is 1.00. The Balaban J connectivity index is -0.000000333. The molecule has 1 radical (unpaired) electrons. The van der Waals surface area contributed by atoms with Crippen LogP contribution in [-0.4, -0.2) is 24.6 Å². The fourth-order valence-electron chi connectivity index (χ4n) is 2.25. The van der Waals surface area contributed by atoms with Crippen molar-refractivity contribution in [3.05, 3.63) is 0 Å². The molecular formula is C20H46CoP2. The van der Waals surface area contributed by atoms with E-state index in [9.17, 15) is 0 Å². The van der Waals surface area contributed by atoms with Crippen LogP contribution in [0.1, 0.15) is 105 Å². The predicted octanol–water partition coefficient (Wildman–Crippen LogP) is 8.09. The molecule has 0 saturated carbocycles. The average molecular weight is 407 g/mol. The average Bonchev–Trinajstić information content (AvgIpc) is 2.54. The van der Waals surface area contributed by atoms with Crippen LogP contribution in [0.25, 0.3) is 0 Å². The maximum absolute atomic E-state index is 2.28. The smallest absolute Gasteiger partial charge is 0 e. The fourth-order valence-corrected chi connectivity index (χ4v) is 4.75. The van der Waals surface area contributed by atoms with Gasteiger partial charge in [-0.2, -0.15) is 0 Å². The van der Waals surface area contributed by atoms with Gasteiger partial charge in [0, 0.05) is 16.8 Å². The topological polar surface area (TPSA) is 0 Å². The predicted molar refractivity (Wildman–Crippen MR) is 114 cm³/mol. The molecule has 0 nitrogen and oxygen atoms in total. The van der Waals surface area contributed by atoms with Crippen LogP contribution in [-0.2, 0) is 16.8 Å². The van der Waals surface area contributed by atoms with Gasteiger partial charge in [-0.05, 0) is 50.3 Å². The van der Waals surface area contributed by atoms with Gasteiger partial charge in [-0.25, -0.2) is 0 Å². The van der Waals surface area contributed by atoms with Crippen LogP contribution in [0.4, 0.5) is 0 Å². The van der Waals surface area contributed by atoms with Gasteiger partial charge in [-0.1, -0.05) is 79.1 Å². The first kappa shape index (κ1) is 29.1. The van der Waals surface area contributed by atoms with Crippen molar-refractivity contribution in [1.82, 2.24) is 0 Å². The summed E-state index contributed by atoms with van der Waals surface area (Å²) in [6, 6.07) is 0. The third-order valence-electron chi connectivity index (χ3n) is 3.83. The van der Waals surface area contributed by atoms with Crippen molar-refractivity contribution >= 4 is 17.2 Å². The third-order valence-corrected chi connectivity index (χ3v) is 6.66. The Labute approximate surface area is 163 Å². The minimum Gasteiger partial charge on any atom is -0.122 e. The molecule has 0 bridgehead atoms. The van der Waals surface area contributed by atoms with Crippen molar-refractivity contribution in [3.63, 3.8) is 0 Å². The number of hydrogen-bond acceptors (Lipinski definition) is 0. The molecule has 0 N–H and O–H groups in total. The largest absolute Gasteiger partial charge is 0.122 e. The summed E-state index contributed by atoms with van der Waals surface area (Å²) >= 11 is 0. The molecule has 23 heavy (non-hydrogen) atoms. The van der Waals surface area contributed by atoms with E-state index in [2.05, 4.69) is 27.7 Å². The number of unbranched alkanes of at least 4 members (excludes halogenated alkanes) is 8. The second-order valence-electron chi connectivity index (χ2n) is 6.33. The van der Waals surface area contributed by atoms with Crippen LogP contribution in [0.3, 0.4) is 0 Å². The number of hydrogen-bond donors (Lipinski definition) is 0. The second kappa shape index (κ2) is 31.2. The van der Waals surface area contributed by atoms with Crippen molar-refractivity contribution in [3.8, 4) is 0 Å². The van der Waals surface area contributed by atoms with Crippen LogP contribution in [0.2, 0.25) is 0 Å². The van der Waals surface area contributed by atoms with Gasteiger partial charge < -0.3 is 0 Å². The molecule has 0 aliphatic heterocycles. The molecule has 0 aromatic heterocycles. The Morgan fingerprint density at radius 2 is 0.609 bits per heavy atom. The first-order chi connectivity index (χ1) is 10.8. The second-order valence-corrected chi connectivity index (χ2v) is 9.33. The van der Waals surface area contributed by atoms with Gasteiger partial charge in [-0.15, -0.1) is 17.2 Å². The van der Waals surface area contributed by atoms with E-state index in [-0.39, 0.29) is 16.8 Å². The van der Waals surface area contributed by atoms with Crippen LogP contribution in [0.15, 0.2) is 0 Å². The molecule has 0 unspecified atom stereocenters. The molecule has 0 amide bonds. The molecule has 0 aliphatic carbocycles. The van der Waals surface area contributed by atoms with Crippen molar-refractivity contribution in [2.45, 2.75) is 105 Å². The Hall–Kier alpha value is 1.37. The van der Waals surface area contributed by atoms with E-state index in [0.717, 1.165) is 0 Å². The van der Waals surface area contributed by atoms with Crippen molar-refractivity contribution < 1.29 is 16.8 Å². The zero-order valence-corrected chi connectivity index (χ0v) is 19.7. The molecule has 0 fully saturated rings. The Morgan fingerprint density at radius 3 is 0.783 bits per heavy atom. The summed E-state index contributed by atoms with van der Waals surface area (Å²) in [6.45, 7) is 9.11. The monoisotopic (exact) mass is 407 g/mol. The Bertz CT molecular complexity index is 132. The normalized spacial score (nSPS) is 9.91. The van der Waals surface area contributed by atoms with Gasteiger partial charge >= 0.3 is 0 Å².